The van der Waals surface area contributed by atoms with Crippen molar-refractivity contribution < 1.29 is 14.7 Å². The third-order valence-electron chi connectivity index (χ3n) is 5.41. The van der Waals surface area contributed by atoms with E-state index in [1.54, 1.807) is 4.90 Å². The van der Waals surface area contributed by atoms with Crippen molar-refractivity contribution in [1.29, 1.82) is 0 Å². The van der Waals surface area contributed by atoms with E-state index in [2.05, 4.69) is 11.1 Å². The molecule has 1 atom stereocenters. The standard InChI is InChI=1S/C21H23N3O3/c1-13-10-14(2)22-17(13)11-16-15-6-3-4-7-18(15)24(20(16)25)12-23-9-5-8-19(23)21(26)27/h3-4,6-7,10-11,19,22H,5,8-9,12H2,1-2H3,(H,26,27)/b16-11-. The van der Waals surface area contributed by atoms with Gasteiger partial charge in [0.1, 0.15) is 6.04 Å². The molecule has 0 spiro atoms. The number of carbonyl (C=O) groups is 2. The highest BCUT2D eigenvalue weighted by molar-refractivity contribution is 6.35. The van der Waals surface area contributed by atoms with Gasteiger partial charge >= 0.3 is 5.97 Å². The summed E-state index contributed by atoms with van der Waals surface area (Å²) in [6.45, 7) is 5.00. The molecule has 1 aromatic carbocycles. The molecule has 1 unspecified atom stereocenters. The first-order chi connectivity index (χ1) is 13.0. The molecule has 2 aromatic rings. The number of nitrogens with one attached hydrogen (secondary N) is 1. The molecule has 2 aliphatic rings. The Labute approximate surface area is 158 Å². The number of aryl methyl sites for hydroxylation is 2. The summed E-state index contributed by atoms with van der Waals surface area (Å²) < 4.78 is 0. The lowest BCUT2D eigenvalue weighted by atomic mass is 10.1. The molecule has 2 aliphatic heterocycles. The molecule has 0 aliphatic carbocycles. The van der Waals surface area contributed by atoms with Crippen LogP contribution in [0.3, 0.4) is 0 Å². The van der Waals surface area contributed by atoms with E-state index in [0.717, 1.165) is 34.6 Å². The number of hydrogen-bond acceptors (Lipinski definition) is 3. The molecule has 6 heteroatoms. The van der Waals surface area contributed by atoms with Crippen LogP contribution in [0.1, 0.15) is 35.4 Å². The Morgan fingerprint density at radius 2 is 2.11 bits per heavy atom. The minimum absolute atomic E-state index is 0.0844. The highest BCUT2D eigenvalue weighted by Crippen LogP contribution is 2.38. The number of amides is 1. The monoisotopic (exact) mass is 365 g/mol. The largest absolute Gasteiger partial charge is 0.480 e. The molecule has 6 nitrogen and oxygen atoms in total. The van der Waals surface area contributed by atoms with Crippen LogP contribution in [-0.2, 0) is 9.59 Å². The molecule has 1 fully saturated rings. The second kappa shape index (κ2) is 6.70. The zero-order valence-electron chi connectivity index (χ0n) is 15.5. The first-order valence-corrected chi connectivity index (χ1v) is 9.21. The van der Waals surface area contributed by atoms with Gasteiger partial charge in [-0.05, 0) is 50.5 Å². The summed E-state index contributed by atoms with van der Waals surface area (Å²) >= 11 is 0. The van der Waals surface area contributed by atoms with Gasteiger partial charge < -0.3 is 10.1 Å². The van der Waals surface area contributed by atoms with E-state index in [9.17, 15) is 14.7 Å². The lowest BCUT2D eigenvalue weighted by Gasteiger charge is -2.27. The Kier molecular flexibility index (Phi) is 4.36. The van der Waals surface area contributed by atoms with E-state index in [4.69, 9.17) is 0 Å². The number of likely N-dealkylation sites (tertiary alicyclic amines) is 1. The second-order valence-electron chi connectivity index (χ2n) is 7.31. The normalized spacial score (nSPS) is 21.3. The molecular weight excluding hydrogens is 342 g/mol. The van der Waals surface area contributed by atoms with Crippen molar-refractivity contribution in [2.24, 2.45) is 0 Å². The fraction of sp³-hybridized carbons (Fsp3) is 0.333. The molecule has 0 radical (unpaired) electrons. The maximum Gasteiger partial charge on any atom is 0.320 e. The lowest BCUT2D eigenvalue weighted by molar-refractivity contribution is -0.142. The zero-order chi connectivity index (χ0) is 19.1. The molecule has 4 rings (SSSR count). The van der Waals surface area contributed by atoms with Gasteiger partial charge in [-0.2, -0.15) is 0 Å². The summed E-state index contributed by atoms with van der Waals surface area (Å²) in [7, 11) is 0. The number of aliphatic carboxylic acids is 1. The van der Waals surface area contributed by atoms with Crippen LogP contribution >= 0.6 is 0 Å². The number of rotatable bonds is 4. The van der Waals surface area contributed by atoms with Crippen LogP contribution in [-0.4, -0.2) is 46.1 Å². The third kappa shape index (κ3) is 3.06. The number of hydrogen-bond donors (Lipinski definition) is 2. The number of nitrogens with zero attached hydrogens (tertiary/aromatic N) is 2. The summed E-state index contributed by atoms with van der Waals surface area (Å²) in [5.41, 5.74) is 5.44. The number of H-pyrrole nitrogens is 1. The van der Waals surface area contributed by atoms with Crippen molar-refractivity contribution in [3.05, 3.63) is 52.8 Å². The van der Waals surface area contributed by atoms with E-state index >= 15 is 0 Å². The Balaban J connectivity index is 1.70. The van der Waals surface area contributed by atoms with Gasteiger partial charge in [0, 0.05) is 23.5 Å². The molecule has 0 bridgehead atoms. The van der Waals surface area contributed by atoms with Crippen LogP contribution in [0.15, 0.2) is 30.3 Å². The molecule has 1 amide bonds. The van der Waals surface area contributed by atoms with Crippen molar-refractivity contribution in [1.82, 2.24) is 9.88 Å². The van der Waals surface area contributed by atoms with Crippen LogP contribution < -0.4 is 4.90 Å². The fourth-order valence-corrected chi connectivity index (χ4v) is 4.09. The highest BCUT2D eigenvalue weighted by atomic mass is 16.4. The molecular formula is C21H23N3O3. The predicted octanol–water partition coefficient (Wildman–Crippen LogP) is 3.03. The number of para-hydroxylation sites is 1. The Bertz CT molecular complexity index is 944. The first kappa shape index (κ1) is 17.5. The number of fused-ring (bicyclic) bond motifs is 1. The van der Waals surface area contributed by atoms with Gasteiger partial charge in [-0.25, -0.2) is 0 Å². The minimum atomic E-state index is -0.819. The third-order valence-corrected chi connectivity index (χ3v) is 5.41. The zero-order valence-corrected chi connectivity index (χ0v) is 15.5. The van der Waals surface area contributed by atoms with Gasteiger partial charge in [0.15, 0.2) is 0 Å². The van der Waals surface area contributed by atoms with Gasteiger partial charge in [0.05, 0.1) is 17.9 Å². The number of aromatic nitrogens is 1. The number of benzene rings is 1. The molecule has 1 saturated heterocycles. The maximum atomic E-state index is 13.2. The summed E-state index contributed by atoms with van der Waals surface area (Å²) in [4.78, 5) is 31.6. The van der Waals surface area contributed by atoms with Crippen molar-refractivity contribution in [2.75, 3.05) is 18.1 Å². The number of anilines is 1. The SMILES string of the molecule is Cc1cc(C)c(/C=C2\C(=O)N(CN3CCCC3C(=O)O)c3ccccc32)[nH]1. The van der Waals surface area contributed by atoms with Gasteiger partial charge in [0.2, 0.25) is 0 Å². The molecule has 1 aromatic heterocycles. The summed E-state index contributed by atoms with van der Waals surface area (Å²) in [6.07, 6.45) is 3.37. The smallest absolute Gasteiger partial charge is 0.320 e. The van der Waals surface area contributed by atoms with Crippen molar-refractivity contribution in [3.8, 4) is 0 Å². The van der Waals surface area contributed by atoms with Crippen LogP contribution in [0.5, 0.6) is 0 Å². The quantitative estimate of drug-likeness (QED) is 0.817. The second-order valence-corrected chi connectivity index (χ2v) is 7.31. The summed E-state index contributed by atoms with van der Waals surface area (Å²) in [6, 6.07) is 9.23. The number of carbonyl (C=O) groups excluding carboxylic acids is 1. The Hall–Kier alpha value is -2.86. The number of carboxylic acids is 1. The van der Waals surface area contributed by atoms with Gasteiger partial charge in [-0.1, -0.05) is 18.2 Å². The average molecular weight is 365 g/mol. The van der Waals surface area contributed by atoms with Gasteiger partial charge in [-0.3, -0.25) is 19.4 Å². The molecule has 3 heterocycles. The summed E-state index contributed by atoms with van der Waals surface area (Å²) in [5.74, 6) is -0.903. The predicted molar refractivity (Wildman–Crippen MR) is 104 cm³/mol. The van der Waals surface area contributed by atoms with E-state index in [0.29, 0.717) is 25.2 Å². The Morgan fingerprint density at radius 1 is 1.33 bits per heavy atom. The van der Waals surface area contributed by atoms with E-state index < -0.39 is 12.0 Å². The van der Waals surface area contributed by atoms with E-state index in [-0.39, 0.29) is 5.91 Å². The van der Waals surface area contributed by atoms with Gasteiger partial charge in [-0.15, -0.1) is 0 Å². The topological polar surface area (TPSA) is 76.6 Å². The minimum Gasteiger partial charge on any atom is -0.480 e. The summed E-state index contributed by atoms with van der Waals surface area (Å²) in [5, 5.41) is 9.44. The number of carboxylic acid groups (broad SMARTS) is 1. The van der Waals surface area contributed by atoms with Crippen molar-refractivity contribution in [3.63, 3.8) is 0 Å². The maximum absolute atomic E-state index is 13.2. The van der Waals surface area contributed by atoms with Crippen LogP contribution in [0.2, 0.25) is 0 Å². The molecule has 0 saturated carbocycles. The van der Waals surface area contributed by atoms with Gasteiger partial charge in [0.25, 0.3) is 5.91 Å². The highest BCUT2D eigenvalue weighted by Gasteiger charge is 2.37. The van der Waals surface area contributed by atoms with E-state index in [1.807, 2.05) is 49.1 Å². The van der Waals surface area contributed by atoms with Crippen LogP contribution in [0.4, 0.5) is 5.69 Å². The van der Waals surface area contributed by atoms with Crippen LogP contribution in [0.25, 0.3) is 11.6 Å². The van der Waals surface area contributed by atoms with Crippen molar-refractivity contribution >= 4 is 29.2 Å². The first-order valence-electron chi connectivity index (χ1n) is 9.21. The fourth-order valence-electron chi connectivity index (χ4n) is 4.09. The number of aromatic amines is 1. The van der Waals surface area contributed by atoms with E-state index in [1.165, 1.54) is 0 Å². The lowest BCUT2D eigenvalue weighted by Crippen LogP contribution is -2.44. The Morgan fingerprint density at radius 3 is 2.81 bits per heavy atom. The van der Waals surface area contributed by atoms with Crippen LogP contribution in [0, 0.1) is 13.8 Å². The average Bonchev–Trinajstić information content (AvgIpc) is 3.29. The molecule has 140 valence electrons. The van der Waals surface area contributed by atoms with Crippen molar-refractivity contribution in [2.45, 2.75) is 32.7 Å². The molecule has 27 heavy (non-hydrogen) atoms. The molecule has 2 N–H and O–H groups in total.